The van der Waals surface area contributed by atoms with Crippen molar-refractivity contribution < 1.29 is 18.7 Å². The van der Waals surface area contributed by atoms with Crippen LogP contribution in [0.25, 0.3) is 11.4 Å². The summed E-state index contributed by atoms with van der Waals surface area (Å²) in [7, 11) is 0. The Morgan fingerprint density at radius 2 is 1.94 bits per heavy atom. The number of thioether (sulfide) groups is 1. The number of hydrogen-bond acceptors (Lipinski definition) is 6. The summed E-state index contributed by atoms with van der Waals surface area (Å²) in [5, 5.41) is 12.1. The summed E-state index contributed by atoms with van der Waals surface area (Å²) in [5.41, 5.74) is 0.817. The SMILES string of the molecule is CC(C)Cn1c(SCC(=O)Nc2cc3c(cc2Cl)OCCO3)nnc1-c1ccccc1F. The van der Waals surface area contributed by atoms with E-state index in [1.165, 1.54) is 17.8 Å². The van der Waals surface area contributed by atoms with Gasteiger partial charge in [0.15, 0.2) is 22.5 Å². The van der Waals surface area contributed by atoms with Crippen molar-refractivity contribution in [1.29, 1.82) is 0 Å². The Hall–Kier alpha value is -2.78. The molecule has 0 unspecified atom stereocenters. The lowest BCUT2D eigenvalue weighted by atomic mass is 10.2. The first kappa shape index (κ1) is 22.4. The van der Waals surface area contributed by atoms with Gasteiger partial charge in [-0.25, -0.2) is 4.39 Å². The Kier molecular flexibility index (Phi) is 6.86. The van der Waals surface area contributed by atoms with E-state index in [2.05, 4.69) is 29.4 Å². The molecule has 0 saturated carbocycles. The zero-order valence-corrected chi connectivity index (χ0v) is 19.2. The molecule has 2 aromatic carbocycles. The number of ether oxygens (including phenoxy) is 2. The molecule has 1 amide bonds. The van der Waals surface area contributed by atoms with Crippen LogP contribution in [0, 0.1) is 11.7 Å². The van der Waals surface area contributed by atoms with Crippen molar-refractivity contribution in [3.8, 4) is 22.9 Å². The highest BCUT2D eigenvalue weighted by atomic mass is 35.5. The van der Waals surface area contributed by atoms with E-state index in [9.17, 15) is 9.18 Å². The molecule has 1 N–H and O–H groups in total. The van der Waals surface area contributed by atoms with E-state index in [1.54, 1.807) is 30.3 Å². The molecule has 0 saturated heterocycles. The molecule has 168 valence electrons. The second kappa shape index (κ2) is 9.79. The molecule has 2 heterocycles. The third kappa shape index (κ3) is 4.99. The zero-order chi connectivity index (χ0) is 22.7. The first-order chi connectivity index (χ1) is 15.4. The maximum Gasteiger partial charge on any atom is 0.234 e. The smallest absolute Gasteiger partial charge is 0.234 e. The number of carbonyl (C=O) groups excluding carboxylic acids is 1. The van der Waals surface area contributed by atoms with Crippen LogP contribution in [0.3, 0.4) is 0 Å². The Morgan fingerprint density at radius 3 is 2.66 bits per heavy atom. The third-order valence-corrected chi connectivity index (χ3v) is 5.90. The van der Waals surface area contributed by atoms with Gasteiger partial charge in [0.05, 0.1) is 22.0 Å². The number of benzene rings is 2. The molecule has 3 aromatic rings. The molecular weight excluding hydrogens is 455 g/mol. The number of fused-ring (bicyclic) bond motifs is 1. The lowest BCUT2D eigenvalue weighted by molar-refractivity contribution is -0.113. The van der Waals surface area contributed by atoms with Gasteiger partial charge < -0.3 is 19.4 Å². The van der Waals surface area contributed by atoms with Crippen molar-refractivity contribution in [3.05, 3.63) is 47.2 Å². The fraction of sp³-hybridized carbons (Fsp3) is 0.318. The molecule has 0 bridgehead atoms. The van der Waals surface area contributed by atoms with Crippen LogP contribution in [0.15, 0.2) is 41.6 Å². The minimum atomic E-state index is -0.368. The van der Waals surface area contributed by atoms with E-state index in [-0.39, 0.29) is 23.4 Å². The van der Waals surface area contributed by atoms with Gasteiger partial charge in [-0.3, -0.25) is 4.79 Å². The van der Waals surface area contributed by atoms with E-state index in [0.717, 1.165) is 0 Å². The van der Waals surface area contributed by atoms with Crippen LogP contribution in [0.1, 0.15) is 13.8 Å². The lowest BCUT2D eigenvalue weighted by Gasteiger charge is -2.20. The number of aromatic nitrogens is 3. The molecule has 32 heavy (non-hydrogen) atoms. The summed E-state index contributed by atoms with van der Waals surface area (Å²) in [6, 6.07) is 9.72. The van der Waals surface area contributed by atoms with Crippen molar-refractivity contribution in [2.75, 3.05) is 24.3 Å². The van der Waals surface area contributed by atoms with Crippen molar-refractivity contribution >= 4 is 35.0 Å². The summed E-state index contributed by atoms with van der Waals surface area (Å²) in [5.74, 6) is 1.26. The van der Waals surface area contributed by atoms with Gasteiger partial charge in [-0.1, -0.05) is 49.3 Å². The molecule has 7 nitrogen and oxygen atoms in total. The largest absolute Gasteiger partial charge is 0.486 e. The fourth-order valence-corrected chi connectivity index (χ4v) is 4.19. The Morgan fingerprint density at radius 1 is 1.22 bits per heavy atom. The Bertz CT molecular complexity index is 1140. The summed E-state index contributed by atoms with van der Waals surface area (Å²) in [6.07, 6.45) is 0. The van der Waals surface area contributed by atoms with Crippen LogP contribution in [-0.4, -0.2) is 39.6 Å². The van der Waals surface area contributed by atoms with E-state index in [4.69, 9.17) is 21.1 Å². The maximum atomic E-state index is 14.3. The van der Waals surface area contributed by atoms with E-state index in [1.807, 2.05) is 4.57 Å². The molecule has 1 aliphatic heterocycles. The van der Waals surface area contributed by atoms with Gasteiger partial charge in [-0.05, 0) is 18.1 Å². The van der Waals surface area contributed by atoms with Gasteiger partial charge in [0.2, 0.25) is 5.91 Å². The number of rotatable bonds is 7. The highest BCUT2D eigenvalue weighted by Gasteiger charge is 2.20. The molecule has 0 spiro atoms. The zero-order valence-electron chi connectivity index (χ0n) is 17.6. The maximum absolute atomic E-state index is 14.3. The fourth-order valence-electron chi connectivity index (χ4n) is 3.24. The topological polar surface area (TPSA) is 78.3 Å². The van der Waals surface area contributed by atoms with Gasteiger partial charge in [0.1, 0.15) is 19.0 Å². The number of nitrogens with one attached hydrogen (secondary N) is 1. The molecule has 0 fully saturated rings. The van der Waals surface area contributed by atoms with Crippen molar-refractivity contribution in [2.24, 2.45) is 5.92 Å². The molecule has 10 heteroatoms. The highest BCUT2D eigenvalue weighted by molar-refractivity contribution is 7.99. The first-order valence-corrected chi connectivity index (χ1v) is 11.5. The van der Waals surface area contributed by atoms with Crippen LogP contribution in [0.5, 0.6) is 11.5 Å². The molecule has 0 radical (unpaired) electrons. The highest BCUT2D eigenvalue weighted by Crippen LogP contribution is 2.38. The van der Waals surface area contributed by atoms with Crippen LogP contribution in [0.2, 0.25) is 5.02 Å². The minimum Gasteiger partial charge on any atom is -0.486 e. The molecule has 0 atom stereocenters. The predicted octanol–water partition coefficient (Wildman–Crippen LogP) is 4.90. The van der Waals surface area contributed by atoms with Crippen molar-refractivity contribution in [2.45, 2.75) is 25.5 Å². The lowest BCUT2D eigenvalue weighted by Crippen LogP contribution is -2.18. The van der Waals surface area contributed by atoms with Crippen LogP contribution in [0.4, 0.5) is 10.1 Å². The second-order valence-corrected chi connectivity index (χ2v) is 8.95. The average Bonchev–Trinajstić information content (AvgIpc) is 3.14. The summed E-state index contributed by atoms with van der Waals surface area (Å²) >= 11 is 7.50. The van der Waals surface area contributed by atoms with Gasteiger partial charge in [0.25, 0.3) is 0 Å². The average molecular weight is 477 g/mol. The van der Waals surface area contributed by atoms with Crippen LogP contribution >= 0.6 is 23.4 Å². The first-order valence-electron chi connectivity index (χ1n) is 10.1. The quantitative estimate of drug-likeness (QED) is 0.489. The second-order valence-electron chi connectivity index (χ2n) is 7.60. The number of halogens is 2. The number of anilines is 1. The molecular formula is C22H22ClFN4O3S. The van der Waals surface area contributed by atoms with Crippen molar-refractivity contribution in [3.63, 3.8) is 0 Å². The molecule has 4 rings (SSSR count). The van der Waals surface area contributed by atoms with Crippen molar-refractivity contribution in [1.82, 2.24) is 14.8 Å². The third-order valence-electron chi connectivity index (χ3n) is 4.62. The van der Waals surface area contributed by atoms with Crippen LogP contribution in [-0.2, 0) is 11.3 Å². The predicted molar refractivity (Wildman–Crippen MR) is 122 cm³/mol. The van der Waals surface area contributed by atoms with E-state index >= 15 is 0 Å². The summed E-state index contributed by atoms with van der Waals surface area (Å²) < 4.78 is 27.2. The monoisotopic (exact) mass is 476 g/mol. The minimum absolute atomic E-state index is 0.0816. The van der Waals surface area contributed by atoms with E-state index < -0.39 is 0 Å². The number of carbonyl (C=O) groups is 1. The normalized spacial score (nSPS) is 12.8. The summed E-state index contributed by atoms with van der Waals surface area (Å²) in [4.78, 5) is 12.6. The Labute approximate surface area is 194 Å². The number of nitrogens with zero attached hydrogens (tertiary/aromatic N) is 3. The standard InChI is InChI=1S/C22H22ClFN4O3S/c1-13(2)11-28-21(14-5-3-4-6-16(14)24)26-27-22(28)32-12-20(29)25-17-10-19-18(9-15(17)23)30-7-8-31-19/h3-6,9-10,13H,7-8,11-12H2,1-2H3,(H,25,29). The number of hydrogen-bond donors (Lipinski definition) is 1. The molecule has 1 aliphatic rings. The van der Waals surface area contributed by atoms with Gasteiger partial charge >= 0.3 is 0 Å². The van der Waals surface area contributed by atoms with E-state index in [0.29, 0.717) is 58.5 Å². The Balaban J connectivity index is 1.49. The summed E-state index contributed by atoms with van der Waals surface area (Å²) in [6.45, 7) is 5.59. The molecule has 1 aromatic heterocycles. The van der Waals surface area contributed by atoms with Gasteiger partial charge in [0, 0.05) is 18.7 Å². The van der Waals surface area contributed by atoms with Gasteiger partial charge in [-0.2, -0.15) is 0 Å². The van der Waals surface area contributed by atoms with Gasteiger partial charge in [-0.15, -0.1) is 10.2 Å². The van der Waals surface area contributed by atoms with Crippen LogP contribution < -0.4 is 14.8 Å². The number of amides is 1. The molecule has 0 aliphatic carbocycles.